The Labute approximate surface area is 250 Å². The minimum absolute atomic E-state index is 0.00136. The number of phenols is 1. The number of aromatic hydroxyl groups is 1. The van der Waals surface area contributed by atoms with Crippen LogP contribution in [0.1, 0.15) is 40.5 Å². The maximum absolute atomic E-state index is 12.9. The quantitative estimate of drug-likeness (QED) is 0.242. The Morgan fingerprint density at radius 3 is 2.30 bits per heavy atom. The highest BCUT2D eigenvalue weighted by molar-refractivity contribution is 5.90. The van der Waals surface area contributed by atoms with Crippen LogP contribution in [-0.2, 0) is 28.4 Å². The van der Waals surface area contributed by atoms with E-state index in [1.54, 1.807) is 37.3 Å². The fraction of sp³-hybridized carbons (Fsp3) is 0.548. The first kappa shape index (κ1) is 28.3. The highest BCUT2D eigenvalue weighted by Crippen LogP contribution is 3.03. The minimum Gasteiger partial charge on any atom is -0.508 e. The van der Waals surface area contributed by atoms with Gasteiger partial charge in [0.1, 0.15) is 47.3 Å². The third kappa shape index (κ3) is 2.93. The van der Waals surface area contributed by atoms with Gasteiger partial charge in [-0.3, -0.25) is 0 Å². The summed E-state index contributed by atoms with van der Waals surface area (Å²) in [4.78, 5) is 25.3. The van der Waals surface area contributed by atoms with Crippen LogP contribution in [0.5, 0.6) is 5.75 Å². The SMILES string of the molecule is C[C@@]12O[C@H]3O[C@@]4(O)[C@@H]5C[C@@]1(O[C@@H]1O[C@H](CCOC(=O)c6ccccc6)[C@@H](O)[C@H](O)[C@H]1O)C5(COC(=O)c1ccc(O)cc1)C342. The van der Waals surface area contributed by atoms with E-state index in [0.717, 1.165) is 0 Å². The Bertz CT molecular complexity index is 1520. The van der Waals surface area contributed by atoms with Gasteiger partial charge in [-0.2, -0.15) is 0 Å². The Hall–Kier alpha value is -3.14. The molecule has 0 radical (unpaired) electrons. The molecule has 12 atom stereocenters. The van der Waals surface area contributed by atoms with Crippen molar-refractivity contribution in [2.75, 3.05) is 13.2 Å². The summed E-state index contributed by atoms with van der Waals surface area (Å²) in [6, 6.07) is 14.0. The van der Waals surface area contributed by atoms with Crippen molar-refractivity contribution >= 4 is 11.9 Å². The van der Waals surface area contributed by atoms with Gasteiger partial charge in [0.05, 0.1) is 29.3 Å². The Balaban J connectivity index is 1.00. The van der Waals surface area contributed by atoms with E-state index in [1.807, 2.05) is 0 Å². The lowest BCUT2D eigenvalue weighted by molar-refractivity contribution is -0.792. The van der Waals surface area contributed by atoms with E-state index in [9.17, 15) is 35.1 Å². The van der Waals surface area contributed by atoms with Gasteiger partial charge in [0.15, 0.2) is 18.4 Å². The highest BCUT2D eigenvalue weighted by Gasteiger charge is 3.18. The molecule has 2 unspecified atom stereocenters. The molecule has 1 spiro atoms. The molecule has 2 aromatic carbocycles. The van der Waals surface area contributed by atoms with Crippen molar-refractivity contribution in [2.24, 2.45) is 16.7 Å². The minimum atomic E-state index is -1.65. The molecule has 3 heterocycles. The lowest BCUT2D eigenvalue weighted by atomic mass is 9.08. The fourth-order valence-corrected chi connectivity index (χ4v) is 9.28. The normalized spacial score (nSPS) is 46.8. The van der Waals surface area contributed by atoms with Crippen LogP contribution in [0.2, 0.25) is 0 Å². The first-order valence-electron chi connectivity index (χ1n) is 14.6. The molecule has 3 saturated heterocycles. The van der Waals surface area contributed by atoms with Gasteiger partial charge in [0, 0.05) is 12.3 Å². The molecular weight excluding hydrogens is 580 g/mol. The molecule has 3 aliphatic carbocycles. The lowest BCUT2D eigenvalue weighted by Crippen LogP contribution is -3.20. The average Bonchev–Trinajstić information content (AvgIpc) is 3.00. The Kier molecular flexibility index (Phi) is 5.79. The van der Waals surface area contributed by atoms with Crippen molar-refractivity contribution in [3.8, 4) is 5.75 Å². The summed E-state index contributed by atoms with van der Waals surface area (Å²) in [5, 5.41) is 53.3. The first-order chi connectivity index (χ1) is 21.0. The Morgan fingerprint density at radius 2 is 1.59 bits per heavy atom. The molecule has 2 aromatic rings. The number of fused-ring (bicyclic) bond motifs is 2. The molecule has 0 aromatic heterocycles. The van der Waals surface area contributed by atoms with Crippen LogP contribution >= 0.6 is 0 Å². The van der Waals surface area contributed by atoms with Crippen molar-refractivity contribution in [2.45, 2.75) is 73.8 Å². The van der Waals surface area contributed by atoms with E-state index in [2.05, 4.69) is 0 Å². The number of ether oxygens (including phenoxy) is 6. The number of rotatable bonds is 9. The molecule has 13 nitrogen and oxygen atoms in total. The summed E-state index contributed by atoms with van der Waals surface area (Å²) in [5.74, 6) is -3.13. The molecular formula is C31H32O13. The van der Waals surface area contributed by atoms with Gasteiger partial charge >= 0.3 is 11.9 Å². The van der Waals surface area contributed by atoms with Crippen molar-refractivity contribution in [1.82, 2.24) is 0 Å². The first-order valence-corrected chi connectivity index (χ1v) is 14.6. The largest absolute Gasteiger partial charge is 0.508 e. The van der Waals surface area contributed by atoms with Gasteiger partial charge < -0.3 is 54.0 Å². The van der Waals surface area contributed by atoms with E-state index in [4.69, 9.17) is 28.4 Å². The van der Waals surface area contributed by atoms with Crippen LogP contribution in [0.4, 0.5) is 0 Å². The molecule has 3 saturated carbocycles. The molecule has 8 rings (SSSR count). The Morgan fingerprint density at radius 1 is 0.909 bits per heavy atom. The summed E-state index contributed by atoms with van der Waals surface area (Å²) >= 11 is 0. The molecule has 0 amide bonds. The molecule has 234 valence electrons. The molecule has 13 heteroatoms. The number of aliphatic hydroxyl groups excluding tert-OH is 3. The average molecular weight is 613 g/mol. The van der Waals surface area contributed by atoms with E-state index in [-0.39, 0.29) is 37.4 Å². The summed E-state index contributed by atoms with van der Waals surface area (Å²) < 4.78 is 35.3. The van der Waals surface area contributed by atoms with Gasteiger partial charge in [-0.25, -0.2) is 9.59 Å². The standard InChI is InChI=1S/C31H32O13/c1-27-29(42-25-22(35)21(34)20(33)18(41-25)11-12-39-23(36)15-5-3-2-4-6-15)13-19-28(29,30(27)26(43-27)44-31(19,30)38)14-40-24(37)16-7-9-17(32)10-8-16/h2-10,18-22,25-26,32-35,38H,11-14H2,1H3/t18-,19-,20-,21+,22-,25+,26+,27-,28?,29+,30?,31+/m1/s1. The van der Waals surface area contributed by atoms with Gasteiger partial charge in [-0.1, -0.05) is 18.2 Å². The molecule has 0 bridgehead atoms. The number of phenolic OH excluding ortho intramolecular Hbond substituents is 1. The maximum Gasteiger partial charge on any atom is 0.338 e. The molecule has 5 N–H and O–H groups in total. The predicted octanol–water partition coefficient (Wildman–Crippen LogP) is 0.213. The van der Waals surface area contributed by atoms with E-state index in [0.29, 0.717) is 5.56 Å². The number of aliphatic hydroxyl groups is 4. The summed E-state index contributed by atoms with van der Waals surface area (Å²) in [6.07, 6.45) is -7.76. The van der Waals surface area contributed by atoms with Crippen molar-refractivity contribution < 1.29 is 63.5 Å². The number of benzene rings is 2. The zero-order valence-corrected chi connectivity index (χ0v) is 23.6. The molecule has 44 heavy (non-hydrogen) atoms. The van der Waals surface area contributed by atoms with Crippen molar-refractivity contribution in [3.63, 3.8) is 0 Å². The number of carbonyl (C=O) groups excluding carboxylic acids is 2. The molecule has 3 aliphatic heterocycles. The zero-order valence-electron chi connectivity index (χ0n) is 23.6. The van der Waals surface area contributed by atoms with E-state index >= 15 is 0 Å². The zero-order chi connectivity index (χ0) is 30.9. The van der Waals surface area contributed by atoms with Crippen LogP contribution in [0, 0.1) is 16.7 Å². The topological polar surface area (TPSA) is 191 Å². The predicted molar refractivity (Wildman–Crippen MR) is 143 cm³/mol. The third-order valence-electron chi connectivity index (χ3n) is 11.2. The highest BCUT2D eigenvalue weighted by atomic mass is 16.8. The second-order valence-corrected chi connectivity index (χ2v) is 12.7. The van der Waals surface area contributed by atoms with Gasteiger partial charge in [0.25, 0.3) is 0 Å². The number of esters is 2. The molecule has 6 fully saturated rings. The number of hydrogen-bond acceptors (Lipinski definition) is 13. The third-order valence-corrected chi connectivity index (χ3v) is 11.2. The van der Waals surface area contributed by atoms with Gasteiger partial charge in [0.2, 0.25) is 0 Å². The van der Waals surface area contributed by atoms with Gasteiger partial charge in [-0.15, -0.1) is 0 Å². The van der Waals surface area contributed by atoms with E-state index < -0.39 is 82.7 Å². The molecule has 6 aliphatic rings. The fourth-order valence-electron chi connectivity index (χ4n) is 9.28. The van der Waals surface area contributed by atoms with Crippen molar-refractivity contribution in [1.29, 1.82) is 0 Å². The van der Waals surface area contributed by atoms with Crippen LogP contribution in [0.15, 0.2) is 54.6 Å². The van der Waals surface area contributed by atoms with Crippen molar-refractivity contribution in [3.05, 3.63) is 65.7 Å². The smallest absolute Gasteiger partial charge is 0.338 e. The van der Waals surface area contributed by atoms with Crippen LogP contribution in [0.3, 0.4) is 0 Å². The second-order valence-electron chi connectivity index (χ2n) is 12.7. The summed E-state index contributed by atoms with van der Waals surface area (Å²) in [7, 11) is 0. The van der Waals surface area contributed by atoms with E-state index in [1.165, 1.54) is 24.3 Å². The lowest BCUT2D eigenvalue weighted by Gasteiger charge is -3.05. The number of carbonyl (C=O) groups is 2. The van der Waals surface area contributed by atoms with Crippen LogP contribution in [-0.4, -0.2) is 105 Å². The van der Waals surface area contributed by atoms with Crippen LogP contribution in [0.25, 0.3) is 0 Å². The van der Waals surface area contributed by atoms with Gasteiger partial charge in [-0.05, 0) is 49.7 Å². The second kappa shape index (κ2) is 8.98. The van der Waals surface area contributed by atoms with Crippen LogP contribution < -0.4 is 0 Å². The number of hydrogen-bond donors (Lipinski definition) is 5. The summed E-state index contributed by atoms with van der Waals surface area (Å²) in [5.41, 5.74) is -3.53. The maximum atomic E-state index is 12.9. The summed E-state index contributed by atoms with van der Waals surface area (Å²) in [6.45, 7) is 1.49. The monoisotopic (exact) mass is 612 g/mol.